The SMILES string of the molecule is [C-]#[N+]c1ccc2ncc(N)c(N[C@@H]3CCN(C)C3)c2c1. The lowest BCUT2D eigenvalue weighted by Crippen LogP contribution is -2.24. The van der Waals surface area contributed by atoms with E-state index < -0.39 is 0 Å². The molecule has 0 aliphatic carbocycles. The monoisotopic (exact) mass is 267 g/mol. The molecule has 1 saturated heterocycles. The van der Waals surface area contributed by atoms with Gasteiger partial charge in [-0.25, -0.2) is 4.85 Å². The Morgan fingerprint density at radius 3 is 3.05 bits per heavy atom. The fourth-order valence-corrected chi connectivity index (χ4v) is 2.68. The van der Waals surface area contributed by atoms with Gasteiger partial charge in [0.25, 0.3) is 0 Å². The van der Waals surface area contributed by atoms with E-state index >= 15 is 0 Å². The molecule has 1 aliphatic heterocycles. The molecule has 0 saturated carbocycles. The predicted octanol–water partition coefficient (Wildman–Crippen LogP) is 2.48. The highest BCUT2D eigenvalue weighted by molar-refractivity contribution is 5.98. The summed E-state index contributed by atoms with van der Waals surface area (Å²) >= 11 is 0. The van der Waals surface area contributed by atoms with Gasteiger partial charge in [-0.3, -0.25) is 4.98 Å². The number of anilines is 2. The molecule has 3 rings (SSSR count). The lowest BCUT2D eigenvalue weighted by Gasteiger charge is -2.18. The molecule has 1 atom stereocenters. The molecule has 2 aromatic rings. The second kappa shape index (κ2) is 4.99. The lowest BCUT2D eigenvalue weighted by atomic mass is 10.1. The zero-order chi connectivity index (χ0) is 14.1. The lowest BCUT2D eigenvalue weighted by molar-refractivity contribution is 0.414. The number of likely N-dealkylation sites (N-methyl/N-ethyl adjacent to an activating group) is 1. The van der Waals surface area contributed by atoms with Gasteiger partial charge in [0.2, 0.25) is 0 Å². The van der Waals surface area contributed by atoms with Crippen LogP contribution in [0, 0.1) is 6.57 Å². The van der Waals surface area contributed by atoms with Gasteiger partial charge in [0.05, 0.1) is 29.7 Å². The number of hydrogen-bond acceptors (Lipinski definition) is 4. The maximum Gasteiger partial charge on any atom is 0.188 e. The number of pyridine rings is 1. The Kier molecular flexibility index (Phi) is 3.17. The number of nitrogens with one attached hydrogen (secondary N) is 1. The van der Waals surface area contributed by atoms with Crippen molar-refractivity contribution in [3.8, 4) is 0 Å². The summed E-state index contributed by atoms with van der Waals surface area (Å²) in [6.45, 7) is 9.24. The Labute approximate surface area is 118 Å². The summed E-state index contributed by atoms with van der Waals surface area (Å²) < 4.78 is 0. The molecule has 5 nitrogen and oxygen atoms in total. The van der Waals surface area contributed by atoms with Crippen LogP contribution in [0.5, 0.6) is 0 Å². The molecule has 0 spiro atoms. The van der Waals surface area contributed by atoms with Crippen molar-refractivity contribution in [3.63, 3.8) is 0 Å². The first-order chi connectivity index (χ1) is 9.67. The average molecular weight is 267 g/mol. The largest absolute Gasteiger partial charge is 0.396 e. The van der Waals surface area contributed by atoms with Crippen LogP contribution in [-0.4, -0.2) is 36.1 Å². The molecule has 20 heavy (non-hydrogen) atoms. The van der Waals surface area contributed by atoms with Crippen LogP contribution in [-0.2, 0) is 0 Å². The fourth-order valence-electron chi connectivity index (χ4n) is 2.68. The Bertz CT molecular complexity index is 688. The van der Waals surface area contributed by atoms with Crippen LogP contribution in [0.3, 0.4) is 0 Å². The van der Waals surface area contributed by atoms with Gasteiger partial charge in [-0.2, -0.15) is 0 Å². The smallest absolute Gasteiger partial charge is 0.188 e. The van der Waals surface area contributed by atoms with Gasteiger partial charge in [-0.1, -0.05) is 6.07 Å². The minimum atomic E-state index is 0.393. The summed E-state index contributed by atoms with van der Waals surface area (Å²) in [6, 6.07) is 5.90. The normalized spacial score (nSPS) is 19.1. The van der Waals surface area contributed by atoms with Crippen molar-refractivity contribution in [1.82, 2.24) is 9.88 Å². The molecule has 1 fully saturated rings. The third-order valence-electron chi connectivity index (χ3n) is 3.75. The number of benzene rings is 1. The van der Waals surface area contributed by atoms with Gasteiger partial charge in [0.1, 0.15) is 0 Å². The molecule has 1 aliphatic rings. The Morgan fingerprint density at radius 1 is 1.50 bits per heavy atom. The molecule has 5 heteroatoms. The van der Waals surface area contributed by atoms with Crippen LogP contribution < -0.4 is 11.1 Å². The van der Waals surface area contributed by atoms with Crippen molar-refractivity contribution in [2.24, 2.45) is 0 Å². The van der Waals surface area contributed by atoms with Gasteiger partial charge in [-0.05, 0) is 32.1 Å². The minimum absolute atomic E-state index is 0.393. The number of rotatable bonds is 2. The molecule has 0 bridgehead atoms. The zero-order valence-electron chi connectivity index (χ0n) is 11.4. The average Bonchev–Trinajstić information content (AvgIpc) is 2.87. The topological polar surface area (TPSA) is 58.5 Å². The molecular formula is C15H17N5. The van der Waals surface area contributed by atoms with E-state index in [9.17, 15) is 0 Å². The highest BCUT2D eigenvalue weighted by Crippen LogP contribution is 2.32. The molecule has 1 aromatic heterocycles. The molecule has 0 radical (unpaired) electrons. The van der Waals surface area contributed by atoms with Crippen LogP contribution in [0.15, 0.2) is 24.4 Å². The summed E-state index contributed by atoms with van der Waals surface area (Å²) in [7, 11) is 2.12. The van der Waals surface area contributed by atoms with Crippen LogP contribution >= 0.6 is 0 Å². The first-order valence-corrected chi connectivity index (χ1v) is 6.68. The third-order valence-corrected chi connectivity index (χ3v) is 3.75. The first-order valence-electron chi connectivity index (χ1n) is 6.68. The third kappa shape index (κ3) is 2.26. The predicted molar refractivity (Wildman–Crippen MR) is 81.9 cm³/mol. The second-order valence-electron chi connectivity index (χ2n) is 5.29. The molecule has 0 unspecified atom stereocenters. The number of nitrogens with two attached hydrogens (primary N) is 1. The van der Waals surface area contributed by atoms with Gasteiger partial charge in [0, 0.05) is 18.0 Å². The first kappa shape index (κ1) is 12.7. The second-order valence-corrected chi connectivity index (χ2v) is 5.29. The van der Waals surface area contributed by atoms with Crippen LogP contribution in [0.1, 0.15) is 6.42 Å². The summed E-state index contributed by atoms with van der Waals surface area (Å²) in [5.74, 6) is 0. The minimum Gasteiger partial charge on any atom is -0.396 e. The number of nitrogen functional groups attached to an aromatic ring is 1. The van der Waals surface area contributed by atoms with Crippen molar-refractivity contribution in [2.75, 3.05) is 31.2 Å². The van der Waals surface area contributed by atoms with Crippen molar-refractivity contribution in [2.45, 2.75) is 12.5 Å². The highest BCUT2D eigenvalue weighted by atomic mass is 15.2. The van der Waals surface area contributed by atoms with E-state index in [1.165, 1.54) is 0 Å². The number of aromatic nitrogens is 1. The summed E-state index contributed by atoms with van der Waals surface area (Å²) in [5, 5.41) is 4.45. The quantitative estimate of drug-likeness (QED) is 0.821. The molecule has 1 aromatic carbocycles. The number of nitrogens with zero attached hydrogens (tertiary/aromatic N) is 3. The van der Waals surface area contributed by atoms with E-state index in [2.05, 4.69) is 27.1 Å². The summed E-state index contributed by atoms with van der Waals surface area (Å²) in [6.07, 6.45) is 2.78. The highest BCUT2D eigenvalue weighted by Gasteiger charge is 2.20. The van der Waals surface area contributed by atoms with Crippen LogP contribution in [0.25, 0.3) is 15.7 Å². The summed E-state index contributed by atoms with van der Waals surface area (Å²) in [4.78, 5) is 10.1. The van der Waals surface area contributed by atoms with Crippen LogP contribution in [0.2, 0.25) is 0 Å². The van der Waals surface area contributed by atoms with Crippen molar-refractivity contribution >= 4 is 28.0 Å². The van der Waals surface area contributed by atoms with Crippen molar-refractivity contribution < 1.29 is 0 Å². The van der Waals surface area contributed by atoms with Crippen molar-refractivity contribution in [3.05, 3.63) is 35.8 Å². The molecule has 102 valence electrons. The van der Waals surface area contributed by atoms with Gasteiger partial charge in [-0.15, -0.1) is 0 Å². The van der Waals surface area contributed by atoms with Gasteiger partial charge < -0.3 is 16.0 Å². The maximum atomic E-state index is 7.14. The van der Waals surface area contributed by atoms with Gasteiger partial charge in [0.15, 0.2) is 5.69 Å². The van der Waals surface area contributed by atoms with E-state index in [0.717, 1.165) is 36.1 Å². The maximum absolute atomic E-state index is 7.14. The van der Waals surface area contributed by atoms with E-state index in [1.807, 2.05) is 12.1 Å². The molecule has 3 N–H and O–H groups in total. The van der Waals surface area contributed by atoms with Crippen molar-refractivity contribution in [1.29, 1.82) is 0 Å². The Morgan fingerprint density at radius 2 is 2.35 bits per heavy atom. The zero-order valence-corrected chi connectivity index (χ0v) is 11.4. The number of hydrogen-bond donors (Lipinski definition) is 2. The van der Waals surface area contributed by atoms with E-state index in [1.54, 1.807) is 12.3 Å². The Balaban J connectivity index is 2.03. The molecule has 2 heterocycles. The number of fused-ring (bicyclic) bond motifs is 1. The molecular weight excluding hydrogens is 250 g/mol. The standard InChI is InChI=1S/C15H17N5/c1-17-10-3-4-14-12(7-10)15(13(16)8-18-14)19-11-5-6-20(2)9-11/h3-4,7-8,11H,5-6,9,16H2,2H3,(H,18,19)/t11-/m1/s1. The van der Waals surface area contributed by atoms with Gasteiger partial charge >= 0.3 is 0 Å². The van der Waals surface area contributed by atoms with E-state index in [-0.39, 0.29) is 0 Å². The fraction of sp³-hybridized carbons (Fsp3) is 0.333. The summed E-state index contributed by atoms with van der Waals surface area (Å²) in [5.41, 5.74) is 9.08. The van der Waals surface area contributed by atoms with E-state index in [0.29, 0.717) is 17.4 Å². The van der Waals surface area contributed by atoms with E-state index in [4.69, 9.17) is 12.3 Å². The number of likely N-dealkylation sites (tertiary alicyclic amines) is 1. The molecule has 0 amide bonds. The van der Waals surface area contributed by atoms with Crippen LogP contribution in [0.4, 0.5) is 17.1 Å². The Hall–Kier alpha value is -2.32.